The smallest absolute Gasteiger partial charge is 0.325 e. The number of benzene rings is 1. The van der Waals surface area contributed by atoms with Crippen molar-refractivity contribution in [3.05, 3.63) is 36.2 Å². The lowest BCUT2D eigenvalue weighted by molar-refractivity contribution is -0.127. The van der Waals surface area contributed by atoms with Gasteiger partial charge in [-0.25, -0.2) is 14.8 Å². The first-order chi connectivity index (χ1) is 16.9. The van der Waals surface area contributed by atoms with Crippen LogP contribution in [0.2, 0.25) is 0 Å². The minimum atomic E-state index is -0.540. The molecule has 35 heavy (non-hydrogen) atoms. The van der Waals surface area contributed by atoms with E-state index in [9.17, 15) is 9.59 Å². The number of rotatable bonds is 6. The molecule has 0 radical (unpaired) electrons. The summed E-state index contributed by atoms with van der Waals surface area (Å²) in [5.74, 6) is 1.46. The van der Waals surface area contributed by atoms with E-state index in [0.717, 1.165) is 57.6 Å². The fraction of sp³-hybridized carbons (Fsp3) is 0.520. The van der Waals surface area contributed by atoms with Crippen molar-refractivity contribution in [2.24, 2.45) is 11.3 Å². The van der Waals surface area contributed by atoms with Crippen molar-refractivity contribution in [3.8, 4) is 11.5 Å². The normalized spacial score (nSPS) is 22.6. The van der Waals surface area contributed by atoms with Crippen molar-refractivity contribution in [1.29, 1.82) is 0 Å². The van der Waals surface area contributed by atoms with Crippen molar-refractivity contribution in [1.82, 2.24) is 15.3 Å². The highest BCUT2D eigenvalue weighted by atomic mass is 16.5. The second-order valence-electron chi connectivity index (χ2n) is 9.80. The van der Waals surface area contributed by atoms with Gasteiger partial charge in [0.15, 0.2) is 5.75 Å². The number of methoxy groups -OCH3 is 1. The molecule has 1 saturated carbocycles. The predicted octanol–water partition coefficient (Wildman–Crippen LogP) is 3.27. The molecule has 2 N–H and O–H groups in total. The van der Waals surface area contributed by atoms with Gasteiger partial charge in [-0.3, -0.25) is 10.1 Å². The first kappa shape index (κ1) is 23.5. The summed E-state index contributed by atoms with van der Waals surface area (Å²) < 4.78 is 16.6. The van der Waals surface area contributed by atoms with Crippen molar-refractivity contribution in [3.63, 3.8) is 0 Å². The van der Waals surface area contributed by atoms with Crippen LogP contribution in [0.4, 0.5) is 16.4 Å². The minimum Gasteiger partial charge on any atom is -0.454 e. The summed E-state index contributed by atoms with van der Waals surface area (Å²) in [6.07, 6.45) is 6.64. The molecule has 0 bridgehead atoms. The van der Waals surface area contributed by atoms with E-state index in [0.29, 0.717) is 28.5 Å². The van der Waals surface area contributed by atoms with Gasteiger partial charge in [-0.05, 0) is 56.4 Å². The Morgan fingerprint density at radius 2 is 1.83 bits per heavy atom. The molecule has 1 aromatic carbocycles. The number of urea groups is 1. The van der Waals surface area contributed by atoms with Crippen LogP contribution in [-0.2, 0) is 14.3 Å². The number of anilines is 2. The topological polar surface area (TPSA) is 115 Å². The second kappa shape index (κ2) is 9.79. The van der Waals surface area contributed by atoms with Gasteiger partial charge >= 0.3 is 6.03 Å². The van der Waals surface area contributed by atoms with Gasteiger partial charge < -0.3 is 24.4 Å². The van der Waals surface area contributed by atoms with Crippen molar-refractivity contribution in [2.75, 3.05) is 43.6 Å². The SMILES string of the molecule is COC1CCC(C(=O)NC(=O)Nc2ccc(Oc3cnc(N4CC5(COC5)C4)nc3)c(C)c2)CC1. The summed E-state index contributed by atoms with van der Waals surface area (Å²) in [5.41, 5.74) is 1.70. The molecule has 2 aliphatic heterocycles. The lowest BCUT2D eigenvalue weighted by Crippen LogP contribution is -2.66. The maximum atomic E-state index is 12.4. The van der Waals surface area contributed by atoms with Gasteiger partial charge in [0.25, 0.3) is 0 Å². The van der Waals surface area contributed by atoms with Crippen LogP contribution in [0, 0.1) is 18.3 Å². The molecular weight excluding hydrogens is 450 g/mol. The average Bonchev–Trinajstić information content (AvgIpc) is 2.80. The van der Waals surface area contributed by atoms with E-state index in [1.165, 1.54) is 0 Å². The van der Waals surface area contributed by atoms with Crippen LogP contribution in [0.15, 0.2) is 30.6 Å². The molecule has 1 aliphatic carbocycles. The number of nitrogens with zero attached hydrogens (tertiary/aromatic N) is 3. The van der Waals surface area contributed by atoms with Crippen LogP contribution in [0.5, 0.6) is 11.5 Å². The fourth-order valence-electron chi connectivity index (χ4n) is 4.91. The van der Waals surface area contributed by atoms with E-state index < -0.39 is 6.03 Å². The molecule has 2 aromatic rings. The Morgan fingerprint density at radius 1 is 1.11 bits per heavy atom. The summed E-state index contributed by atoms with van der Waals surface area (Å²) >= 11 is 0. The fourth-order valence-corrected chi connectivity index (χ4v) is 4.91. The number of aryl methyl sites for hydroxylation is 1. The van der Waals surface area contributed by atoms with Crippen LogP contribution >= 0.6 is 0 Å². The first-order valence-corrected chi connectivity index (χ1v) is 12.0. The van der Waals surface area contributed by atoms with Crippen molar-refractivity contribution in [2.45, 2.75) is 38.7 Å². The summed E-state index contributed by atoms with van der Waals surface area (Å²) in [6.45, 7) is 5.38. The highest BCUT2D eigenvalue weighted by Crippen LogP contribution is 2.39. The third-order valence-corrected chi connectivity index (χ3v) is 7.04. The molecule has 1 spiro atoms. The number of carbonyl (C=O) groups excluding carboxylic acids is 2. The zero-order valence-electron chi connectivity index (χ0n) is 20.1. The van der Waals surface area contributed by atoms with E-state index in [4.69, 9.17) is 14.2 Å². The van der Waals surface area contributed by atoms with Gasteiger partial charge in [0, 0.05) is 31.8 Å². The highest BCUT2D eigenvalue weighted by molar-refractivity contribution is 6.01. The molecule has 0 atom stereocenters. The van der Waals surface area contributed by atoms with E-state index >= 15 is 0 Å². The Kier molecular flexibility index (Phi) is 6.57. The van der Waals surface area contributed by atoms with E-state index in [1.54, 1.807) is 37.7 Å². The second-order valence-corrected chi connectivity index (χ2v) is 9.80. The molecular formula is C25H31N5O5. The molecule has 0 unspecified atom stereocenters. The molecule has 5 rings (SSSR count). The van der Waals surface area contributed by atoms with Crippen molar-refractivity contribution >= 4 is 23.6 Å². The standard InChI is InChI=1S/C25H31N5O5/c1-16-9-18(28-24(32)29-22(31)17-3-6-19(33-2)7-4-17)5-8-21(16)35-20-10-26-23(27-11-20)30-12-25(13-30)14-34-15-25/h5,8-11,17,19H,3-4,6-7,12-15H2,1-2H3,(H2,28,29,31,32). The average molecular weight is 482 g/mol. The molecule has 186 valence electrons. The number of hydrogen-bond acceptors (Lipinski definition) is 8. The van der Waals surface area contributed by atoms with Crippen LogP contribution in [0.1, 0.15) is 31.2 Å². The lowest BCUT2D eigenvalue weighted by atomic mass is 9.78. The molecule has 3 fully saturated rings. The molecule has 10 nitrogen and oxygen atoms in total. The van der Waals surface area contributed by atoms with Crippen LogP contribution in [0.3, 0.4) is 0 Å². The molecule has 10 heteroatoms. The van der Waals surface area contributed by atoms with Gasteiger partial charge in [0.2, 0.25) is 11.9 Å². The zero-order valence-corrected chi connectivity index (χ0v) is 20.1. The van der Waals surface area contributed by atoms with Crippen LogP contribution in [0.25, 0.3) is 0 Å². The number of hydrogen-bond donors (Lipinski definition) is 2. The quantitative estimate of drug-likeness (QED) is 0.646. The van der Waals surface area contributed by atoms with Gasteiger partial charge in [-0.2, -0.15) is 0 Å². The van der Waals surface area contributed by atoms with Crippen LogP contribution in [-0.4, -0.2) is 61.4 Å². The third-order valence-electron chi connectivity index (χ3n) is 7.04. The monoisotopic (exact) mass is 481 g/mol. The number of nitrogens with one attached hydrogen (secondary N) is 2. The van der Waals surface area contributed by atoms with Gasteiger partial charge in [0.1, 0.15) is 5.75 Å². The Balaban J connectivity index is 1.11. The Hall–Kier alpha value is -3.24. The third kappa shape index (κ3) is 5.23. The van der Waals surface area contributed by atoms with E-state index in [-0.39, 0.29) is 17.9 Å². The highest BCUT2D eigenvalue weighted by Gasteiger charge is 2.49. The first-order valence-electron chi connectivity index (χ1n) is 12.0. The molecule has 3 heterocycles. The number of imide groups is 1. The number of amides is 3. The molecule has 3 amide bonds. The van der Waals surface area contributed by atoms with Crippen molar-refractivity contribution < 1.29 is 23.8 Å². The summed E-state index contributed by atoms with van der Waals surface area (Å²) in [4.78, 5) is 35.7. The summed E-state index contributed by atoms with van der Waals surface area (Å²) in [5, 5.41) is 5.18. The molecule has 3 aliphatic rings. The largest absolute Gasteiger partial charge is 0.454 e. The summed E-state index contributed by atoms with van der Waals surface area (Å²) in [7, 11) is 1.69. The Labute approximate surface area is 204 Å². The van der Waals surface area contributed by atoms with E-state index in [1.807, 2.05) is 6.92 Å². The van der Waals surface area contributed by atoms with E-state index in [2.05, 4.69) is 25.5 Å². The maximum absolute atomic E-state index is 12.4. The zero-order chi connectivity index (χ0) is 24.4. The minimum absolute atomic E-state index is 0.160. The van der Waals surface area contributed by atoms with Gasteiger partial charge in [-0.1, -0.05) is 0 Å². The van der Waals surface area contributed by atoms with Gasteiger partial charge in [-0.15, -0.1) is 0 Å². The predicted molar refractivity (Wildman–Crippen MR) is 129 cm³/mol. The van der Waals surface area contributed by atoms with Crippen LogP contribution < -0.4 is 20.3 Å². The Bertz CT molecular complexity index is 1070. The molecule has 2 saturated heterocycles. The number of aromatic nitrogens is 2. The lowest BCUT2D eigenvalue weighted by Gasteiger charge is -2.54. The number of ether oxygens (including phenoxy) is 3. The molecule has 1 aromatic heterocycles. The van der Waals surface area contributed by atoms with Gasteiger partial charge in [0.05, 0.1) is 37.1 Å². The Morgan fingerprint density at radius 3 is 2.43 bits per heavy atom. The number of carbonyl (C=O) groups is 2. The summed E-state index contributed by atoms with van der Waals surface area (Å²) in [6, 6.07) is 4.74. The maximum Gasteiger partial charge on any atom is 0.325 e.